The van der Waals surface area contributed by atoms with E-state index in [-0.39, 0.29) is 41.9 Å². The van der Waals surface area contributed by atoms with Gasteiger partial charge in [0.1, 0.15) is 0 Å². The number of carbonyl (C=O) groups is 2. The molecule has 0 aromatic heterocycles. The SMILES string of the molecule is CC(=O)O.CC(=O)O.O.O.Oc1ccccc1O.[Zn+2]. The molecular formula is C10H18O8Zn+2. The first-order valence-corrected chi connectivity index (χ1v) is 4.13. The van der Waals surface area contributed by atoms with Gasteiger partial charge in [-0.3, -0.25) is 9.59 Å². The Hall–Kier alpha value is -1.70. The molecule has 0 aliphatic carbocycles. The predicted octanol–water partition coefficient (Wildman–Crippen LogP) is -0.372. The molecule has 1 rings (SSSR count). The second-order valence-electron chi connectivity index (χ2n) is 2.53. The fraction of sp³-hybridized carbons (Fsp3) is 0.200. The van der Waals surface area contributed by atoms with Crippen molar-refractivity contribution in [2.75, 3.05) is 0 Å². The van der Waals surface area contributed by atoms with E-state index in [4.69, 9.17) is 30.0 Å². The van der Waals surface area contributed by atoms with Gasteiger partial charge in [0.2, 0.25) is 0 Å². The number of carboxylic acids is 2. The predicted molar refractivity (Wildman–Crippen MR) is 63.6 cm³/mol. The van der Waals surface area contributed by atoms with Crippen molar-refractivity contribution < 1.29 is 60.4 Å². The summed E-state index contributed by atoms with van der Waals surface area (Å²) in [5.74, 6) is -1.82. The van der Waals surface area contributed by atoms with Crippen molar-refractivity contribution in [3.8, 4) is 11.5 Å². The van der Waals surface area contributed by atoms with Gasteiger partial charge >= 0.3 is 19.5 Å². The van der Waals surface area contributed by atoms with Gasteiger partial charge in [-0.25, -0.2) is 0 Å². The van der Waals surface area contributed by atoms with E-state index < -0.39 is 11.9 Å². The topological polar surface area (TPSA) is 178 Å². The number of phenols is 2. The summed E-state index contributed by atoms with van der Waals surface area (Å²) in [7, 11) is 0. The molecule has 0 radical (unpaired) electrons. The average Bonchev–Trinajstić information content (AvgIpc) is 2.08. The van der Waals surface area contributed by atoms with Crippen molar-refractivity contribution in [2.24, 2.45) is 0 Å². The molecule has 8 nitrogen and oxygen atoms in total. The Bertz CT molecular complexity index is 301. The molecule has 0 bridgehead atoms. The summed E-state index contributed by atoms with van der Waals surface area (Å²) >= 11 is 0. The normalized spacial score (nSPS) is 6.42. The van der Waals surface area contributed by atoms with Gasteiger partial charge in [-0.1, -0.05) is 12.1 Å². The molecule has 0 fully saturated rings. The first-order chi connectivity index (χ1) is 7.27. The Morgan fingerprint density at radius 2 is 1.00 bits per heavy atom. The van der Waals surface area contributed by atoms with Crippen molar-refractivity contribution in [2.45, 2.75) is 13.8 Å². The monoisotopic (exact) mass is 330 g/mol. The molecule has 1 aromatic carbocycles. The number of para-hydroxylation sites is 2. The zero-order valence-corrected chi connectivity index (χ0v) is 13.6. The molecule has 0 atom stereocenters. The number of hydrogen-bond acceptors (Lipinski definition) is 4. The van der Waals surface area contributed by atoms with Crippen LogP contribution in [0.3, 0.4) is 0 Å². The molecule has 0 saturated heterocycles. The van der Waals surface area contributed by atoms with Crippen LogP contribution in [0, 0.1) is 0 Å². The number of rotatable bonds is 0. The number of benzene rings is 1. The molecule has 0 aliphatic heterocycles. The van der Waals surface area contributed by atoms with E-state index in [0.29, 0.717) is 0 Å². The van der Waals surface area contributed by atoms with Crippen molar-refractivity contribution in [3.63, 3.8) is 0 Å². The number of hydrogen-bond donors (Lipinski definition) is 4. The van der Waals surface area contributed by atoms with Crippen LogP contribution in [0.15, 0.2) is 24.3 Å². The van der Waals surface area contributed by atoms with Gasteiger partial charge in [-0.2, -0.15) is 0 Å². The van der Waals surface area contributed by atoms with E-state index >= 15 is 0 Å². The smallest absolute Gasteiger partial charge is 0.504 e. The Labute approximate surface area is 122 Å². The van der Waals surface area contributed by atoms with E-state index in [1.807, 2.05) is 0 Å². The molecule has 0 heterocycles. The fourth-order valence-corrected chi connectivity index (χ4v) is 0.464. The van der Waals surface area contributed by atoms with Gasteiger partial charge in [0, 0.05) is 13.8 Å². The molecule has 0 saturated carbocycles. The number of phenolic OH excluding ortho intramolecular Hbond substituents is 2. The van der Waals surface area contributed by atoms with Crippen molar-refractivity contribution >= 4 is 11.9 Å². The molecule has 0 aliphatic rings. The van der Waals surface area contributed by atoms with E-state index in [1.54, 1.807) is 12.1 Å². The van der Waals surface area contributed by atoms with Crippen LogP contribution in [0.2, 0.25) is 0 Å². The minimum Gasteiger partial charge on any atom is -0.504 e. The molecule has 106 valence electrons. The zero-order chi connectivity index (χ0) is 13.1. The second kappa shape index (κ2) is 18.7. The maximum Gasteiger partial charge on any atom is 2.00 e. The molecule has 8 N–H and O–H groups in total. The summed E-state index contributed by atoms with van der Waals surface area (Å²) in [6, 6.07) is 6.15. The van der Waals surface area contributed by atoms with Crippen molar-refractivity contribution in [1.82, 2.24) is 0 Å². The second-order valence-corrected chi connectivity index (χ2v) is 2.53. The summed E-state index contributed by atoms with van der Waals surface area (Å²) < 4.78 is 0. The summed E-state index contributed by atoms with van der Waals surface area (Å²) in [5.41, 5.74) is 0. The van der Waals surface area contributed by atoms with Crippen LogP contribution >= 0.6 is 0 Å². The van der Waals surface area contributed by atoms with Gasteiger partial charge in [0.05, 0.1) is 0 Å². The summed E-state index contributed by atoms with van der Waals surface area (Å²) in [4.78, 5) is 18.0. The van der Waals surface area contributed by atoms with Crippen LogP contribution in [0.4, 0.5) is 0 Å². The van der Waals surface area contributed by atoms with E-state index in [2.05, 4.69) is 0 Å². The Morgan fingerprint density at radius 3 is 1.11 bits per heavy atom. The summed E-state index contributed by atoms with van der Waals surface area (Å²) in [5, 5.41) is 32.2. The van der Waals surface area contributed by atoms with Crippen molar-refractivity contribution in [1.29, 1.82) is 0 Å². The Balaban J connectivity index is -0.0000000526. The van der Waals surface area contributed by atoms with Gasteiger partial charge in [-0.15, -0.1) is 0 Å². The Morgan fingerprint density at radius 1 is 0.842 bits per heavy atom. The quantitative estimate of drug-likeness (QED) is 0.372. The number of aliphatic carboxylic acids is 2. The van der Waals surface area contributed by atoms with Gasteiger partial charge in [0.25, 0.3) is 11.9 Å². The Kier molecular flexibility index (Phi) is 29.8. The molecular weight excluding hydrogens is 313 g/mol. The van der Waals surface area contributed by atoms with Crippen LogP contribution in [0.25, 0.3) is 0 Å². The number of carboxylic acid groups (broad SMARTS) is 2. The van der Waals surface area contributed by atoms with E-state index in [0.717, 1.165) is 13.8 Å². The standard InChI is InChI=1S/C6H6O2.2C2H4O2.2H2O.Zn/c7-5-3-1-2-4-6(5)8;2*1-2(3)4;;;/h1-4,7-8H;2*1H3,(H,3,4);2*1H2;/q;;;;;+2. The third-order valence-electron chi connectivity index (χ3n) is 0.882. The molecule has 19 heavy (non-hydrogen) atoms. The average molecular weight is 332 g/mol. The first kappa shape index (κ1) is 30.4. The third kappa shape index (κ3) is 38.5. The van der Waals surface area contributed by atoms with Crippen LogP contribution < -0.4 is 0 Å². The maximum absolute atomic E-state index is 9.00. The maximum atomic E-state index is 9.00. The molecule has 1 aromatic rings. The van der Waals surface area contributed by atoms with E-state index in [9.17, 15) is 0 Å². The number of aromatic hydroxyl groups is 2. The minimum absolute atomic E-state index is 0. The van der Waals surface area contributed by atoms with Crippen molar-refractivity contribution in [3.05, 3.63) is 24.3 Å². The van der Waals surface area contributed by atoms with Crippen LogP contribution in [-0.2, 0) is 29.1 Å². The molecule has 0 spiro atoms. The molecule has 0 unspecified atom stereocenters. The zero-order valence-electron chi connectivity index (χ0n) is 10.6. The van der Waals surface area contributed by atoms with Crippen LogP contribution in [-0.4, -0.2) is 43.3 Å². The van der Waals surface area contributed by atoms with Gasteiger partial charge in [-0.05, 0) is 12.1 Å². The largest absolute Gasteiger partial charge is 2.00 e. The van der Waals surface area contributed by atoms with Crippen LogP contribution in [0.1, 0.15) is 13.8 Å². The minimum atomic E-state index is -0.833. The molecule has 0 amide bonds. The summed E-state index contributed by atoms with van der Waals surface area (Å²) in [6.45, 7) is 2.17. The fourth-order valence-electron chi connectivity index (χ4n) is 0.464. The summed E-state index contributed by atoms with van der Waals surface area (Å²) in [6.07, 6.45) is 0. The van der Waals surface area contributed by atoms with Gasteiger partial charge < -0.3 is 31.4 Å². The van der Waals surface area contributed by atoms with Gasteiger partial charge in [0.15, 0.2) is 11.5 Å². The molecule has 9 heteroatoms. The third-order valence-corrected chi connectivity index (χ3v) is 0.882. The first-order valence-electron chi connectivity index (χ1n) is 4.13. The van der Waals surface area contributed by atoms with Crippen LogP contribution in [0.5, 0.6) is 11.5 Å². The van der Waals surface area contributed by atoms with E-state index in [1.165, 1.54) is 12.1 Å².